The minimum Gasteiger partial charge on any atom is -0.497 e. The van der Waals surface area contributed by atoms with Gasteiger partial charge in [-0.1, -0.05) is 54.6 Å². The fraction of sp³-hybridized carbons (Fsp3) is 0.280. The fourth-order valence-electron chi connectivity index (χ4n) is 3.48. The summed E-state index contributed by atoms with van der Waals surface area (Å²) in [6.45, 7) is -0.140. The third kappa shape index (κ3) is 4.49. The first kappa shape index (κ1) is 21.8. The maximum Gasteiger partial charge on any atom is 0.143 e. The van der Waals surface area contributed by atoms with Crippen LogP contribution in [0.2, 0.25) is 0 Å². The van der Waals surface area contributed by atoms with Crippen LogP contribution in [0.1, 0.15) is 16.7 Å². The van der Waals surface area contributed by atoms with Gasteiger partial charge in [-0.2, -0.15) is 0 Å². The van der Waals surface area contributed by atoms with Crippen LogP contribution in [0.25, 0.3) is 0 Å². The molecule has 0 saturated carbocycles. The molecule has 3 aromatic rings. The Morgan fingerprint density at radius 3 is 1.50 bits per heavy atom. The summed E-state index contributed by atoms with van der Waals surface area (Å²) in [7, 11) is 3.26. The van der Waals surface area contributed by atoms with Gasteiger partial charge in [-0.25, -0.2) is 0 Å². The molecule has 0 spiro atoms. The lowest BCUT2D eigenvalue weighted by atomic mass is 9.80. The minimum absolute atomic E-state index is 0.160. The predicted octanol–water partition coefficient (Wildman–Crippen LogP) is 3.61. The molecule has 0 radical (unpaired) electrons. The molecule has 0 aliphatic carbocycles. The zero-order valence-electron chi connectivity index (χ0n) is 17.3. The SMILES string of the molecule is COc1ccc(C(OCC(CO)CO)(c2ccccc2)c2ccc(OC)cc2)cc1. The van der Waals surface area contributed by atoms with Crippen molar-refractivity contribution in [1.29, 1.82) is 0 Å². The van der Waals surface area contributed by atoms with Gasteiger partial charge in [0.25, 0.3) is 0 Å². The molecule has 158 valence electrons. The lowest BCUT2D eigenvalue weighted by molar-refractivity contribution is -0.0300. The Kier molecular flexibility index (Phi) is 7.46. The third-order valence-corrected chi connectivity index (χ3v) is 5.23. The number of aliphatic hydroxyl groups excluding tert-OH is 2. The molecule has 0 aliphatic heterocycles. The third-order valence-electron chi connectivity index (χ3n) is 5.23. The van der Waals surface area contributed by atoms with E-state index >= 15 is 0 Å². The van der Waals surface area contributed by atoms with E-state index < -0.39 is 5.60 Å². The number of benzene rings is 3. The van der Waals surface area contributed by atoms with E-state index in [-0.39, 0.29) is 25.7 Å². The van der Waals surface area contributed by atoms with Crippen LogP contribution >= 0.6 is 0 Å². The maximum atomic E-state index is 9.60. The molecule has 0 aromatic heterocycles. The Labute approximate surface area is 177 Å². The number of hydrogen-bond donors (Lipinski definition) is 2. The van der Waals surface area contributed by atoms with Crippen molar-refractivity contribution < 1.29 is 24.4 Å². The first-order valence-corrected chi connectivity index (χ1v) is 9.88. The average Bonchev–Trinajstić information content (AvgIpc) is 2.83. The molecule has 0 aliphatic rings. The maximum absolute atomic E-state index is 9.60. The van der Waals surface area contributed by atoms with Crippen LogP contribution in [0.15, 0.2) is 78.9 Å². The van der Waals surface area contributed by atoms with E-state index in [0.29, 0.717) is 0 Å². The summed E-state index contributed by atoms with van der Waals surface area (Å²) in [5, 5.41) is 19.2. The van der Waals surface area contributed by atoms with Gasteiger partial charge in [0.2, 0.25) is 0 Å². The lowest BCUT2D eigenvalue weighted by Gasteiger charge is -2.37. The number of aliphatic hydroxyl groups is 2. The zero-order chi connectivity index (χ0) is 21.4. The summed E-state index contributed by atoms with van der Waals surface area (Å²) in [5.74, 6) is 1.11. The molecule has 30 heavy (non-hydrogen) atoms. The van der Waals surface area contributed by atoms with Gasteiger partial charge in [0.15, 0.2) is 0 Å². The molecule has 3 aromatic carbocycles. The molecule has 0 heterocycles. The smallest absolute Gasteiger partial charge is 0.143 e. The van der Waals surface area contributed by atoms with Gasteiger partial charge >= 0.3 is 0 Å². The predicted molar refractivity (Wildman–Crippen MR) is 116 cm³/mol. The molecule has 0 unspecified atom stereocenters. The topological polar surface area (TPSA) is 68.2 Å². The summed E-state index contributed by atoms with van der Waals surface area (Å²) in [6.07, 6.45) is 0. The number of hydrogen-bond acceptors (Lipinski definition) is 5. The van der Waals surface area contributed by atoms with Crippen molar-refractivity contribution in [3.05, 3.63) is 95.6 Å². The molecule has 0 saturated heterocycles. The van der Waals surface area contributed by atoms with Crippen molar-refractivity contribution in [2.24, 2.45) is 5.92 Å². The molecule has 5 heteroatoms. The normalized spacial score (nSPS) is 11.5. The number of rotatable bonds is 10. The first-order chi connectivity index (χ1) is 14.7. The van der Waals surface area contributed by atoms with E-state index in [1.165, 1.54) is 0 Å². The average molecular weight is 408 g/mol. The Morgan fingerprint density at radius 2 is 1.10 bits per heavy atom. The largest absolute Gasteiger partial charge is 0.497 e. The van der Waals surface area contributed by atoms with Crippen molar-refractivity contribution in [2.75, 3.05) is 34.0 Å². The van der Waals surface area contributed by atoms with Crippen LogP contribution in [0, 0.1) is 5.92 Å². The lowest BCUT2D eigenvalue weighted by Crippen LogP contribution is -2.35. The second-order valence-electron chi connectivity index (χ2n) is 7.05. The second-order valence-corrected chi connectivity index (χ2v) is 7.05. The Balaban J connectivity index is 2.20. The van der Waals surface area contributed by atoms with Gasteiger partial charge in [0.1, 0.15) is 17.1 Å². The highest BCUT2D eigenvalue weighted by molar-refractivity contribution is 5.49. The van der Waals surface area contributed by atoms with E-state index in [1.54, 1.807) is 14.2 Å². The molecule has 0 atom stereocenters. The monoisotopic (exact) mass is 408 g/mol. The van der Waals surface area contributed by atoms with Gasteiger partial charge in [-0.15, -0.1) is 0 Å². The van der Waals surface area contributed by atoms with E-state index in [4.69, 9.17) is 14.2 Å². The van der Waals surface area contributed by atoms with Gasteiger partial charge in [0.05, 0.1) is 34.0 Å². The summed E-state index contributed by atoms with van der Waals surface area (Å²) < 4.78 is 17.2. The first-order valence-electron chi connectivity index (χ1n) is 9.88. The molecule has 0 bridgehead atoms. The highest BCUT2D eigenvalue weighted by Gasteiger charge is 2.38. The van der Waals surface area contributed by atoms with Crippen molar-refractivity contribution in [3.8, 4) is 11.5 Å². The standard InChI is InChI=1S/C25H28O5/c1-28-23-12-8-21(9-13-23)25(20-6-4-3-5-7-20,30-18-19(16-26)17-27)22-10-14-24(29-2)15-11-22/h3-15,19,26-27H,16-18H2,1-2H3. The molecule has 3 rings (SSSR count). The van der Waals surface area contributed by atoms with Crippen molar-refractivity contribution in [2.45, 2.75) is 5.60 Å². The molecular formula is C25H28O5. The van der Waals surface area contributed by atoms with Crippen LogP contribution < -0.4 is 9.47 Å². The molecule has 5 nitrogen and oxygen atoms in total. The van der Waals surface area contributed by atoms with Crippen LogP contribution in [0.5, 0.6) is 11.5 Å². The summed E-state index contributed by atoms with van der Waals surface area (Å²) in [5.41, 5.74) is 1.82. The summed E-state index contributed by atoms with van der Waals surface area (Å²) in [6, 6.07) is 25.4. The Morgan fingerprint density at radius 1 is 0.667 bits per heavy atom. The van der Waals surface area contributed by atoms with E-state index in [2.05, 4.69) is 0 Å². The molecular weight excluding hydrogens is 380 g/mol. The van der Waals surface area contributed by atoms with Gasteiger partial charge in [-0.3, -0.25) is 0 Å². The van der Waals surface area contributed by atoms with Gasteiger partial charge < -0.3 is 24.4 Å². The van der Waals surface area contributed by atoms with Crippen molar-refractivity contribution in [3.63, 3.8) is 0 Å². The van der Waals surface area contributed by atoms with Gasteiger partial charge in [0, 0.05) is 5.92 Å². The number of methoxy groups -OCH3 is 2. The Hall–Kier alpha value is -2.86. The minimum atomic E-state index is -0.942. The molecule has 0 amide bonds. The van der Waals surface area contributed by atoms with Crippen LogP contribution in [0.3, 0.4) is 0 Å². The fourth-order valence-corrected chi connectivity index (χ4v) is 3.48. The number of ether oxygens (including phenoxy) is 3. The highest BCUT2D eigenvalue weighted by Crippen LogP contribution is 2.41. The van der Waals surface area contributed by atoms with Crippen molar-refractivity contribution in [1.82, 2.24) is 0 Å². The molecule has 2 N–H and O–H groups in total. The van der Waals surface area contributed by atoms with Crippen LogP contribution in [0.4, 0.5) is 0 Å². The van der Waals surface area contributed by atoms with Gasteiger partial charge in [-0.05, 0) is 41.0 Å². The Bertz CT molecular complexity index is 840. The van der Waals surface area contributed by atoms with Crippen LogP contribution in [-0.2, 0) is 10.3 Å². The molecule has 0 fully saturated rings. The quantitative estimate of drug-likeness (QED) is 0.502. The summed E-state index contributed by atoms with van der Waals surface area (Å²) in [4.78, 5) is 0. The van der Waals surface area contributed by atoms with E-state index in [0.717, 1.165) is 28.2 Å². The second kappa shape index (κ2) is 10.3. The van der Waals surface area contributed by atoms with E-state index in [9.17, 15) is 10.2 Å². The van der Waals surface area contributed by atoms with E-state index in [1.807, 2.05) is 78.9 Å². The highest BCUT2D eigenvalue weighted by atomic mass is 16.5. The zero-order valence-corrected chi connectivity index (χ0v) is 17.3. The summed E-state index contributed by atoms with van der Waals surface area (Å²) >= 11 is 0. The van der Waals surface area contributed by atoms with Crippen molar-refractivity contribution >= 4 is 0 Å². The van der Waals surface area contributed by atoms with Crippen LogP contribution in [-0.4, -0.2) is 44.3 Å².